The highest BCUT2D eigenvalue weighted by Gasteiger charge is 2.48. The zero-order chi connectivity index (χ0) is 15.8. The molecule has 6 nitrogen and oxygen atoms in total. The third kappa shape index (κ3) is 2.72. The summed E-state index contributed by atoms with van der Waals surface area (Å²) in [5.41, 5.74) is 0.559. The fraction of sp³-hybridized carbons (Fsp3) is 0.588. The van der Waals surface area contributed by atoms with Gasteiger partial charge >= 0.3 is 11.8 Å². The number of rotatable bonds is 1. The van der Waals surface area contributed by atoms with E-state index in [0.29, 0.717) is 23.6 Å². The first-order valence-corrected chi connectivity index (χ1v) is 8.47. The molecule has 3 aliphatic rings. The molecule has 6 heteroatoms. The van der Waals surface area contributed by atoms with Crippen LogP contribution in [-0.2, 0) is 9.59 Å². The van der Waals surface area contributed by atoms with Crippen molar-refractivity contribution in [2.24, 2.45) is 11.8 Å². The highest BCUT2D eigenvalue weighted by atomic mass is 16.2. The molecule has 0 spiro atoms. The van der Waals surface area contributed by atoms with Crippen molar-refractivity contribution < 1.29 is 9.59 Å². The molecule has 3 fully saturated rings. The van der Waals surface area contributed by atoms with Crippen molar-refractivity contribution in [3.05, 3.63) is 24.5 Å². The lowest BCUT2D eigenvalue weighted by Gasteiger charge is -2.33. The molecule has 3 aliphatic heterocycles. The van der Waals surface area contributed by atoms with Crippen LogP contribution in [0.3, 0.4) is 0 Å². The molecule has 1 aromatic heterocycles. The number of nitrogens with one attached hydrogen (secondary N) is 1. The number of hydrogen-bond acceptors (Lipinski definition) is 4. The number of pyridine rings is 1. The van der Waals surface area contributed by atoms with E-state index < -0.39 is 11.8 Å². The topological polar surface area (TPSA) is 65.5 Å². The second kappa shape index (κ2) is 5.92. The summed E-state index contributed by atoms with van der Waals surface area (Å²) in [6.07, 6.45) is 7.01. The van der Waals surface area contributed by atoms with Gasteiger partial charge in [-0.3, -0.25) is 19.5 Å². The lowest BCUT2D eigenvalue weighted by molar-refractivity contribution is -0.142. The summed E-state index contributed by atoms with van der Waals surface area (Å²) >= 11 is 0. The molecule has 3 saturated heterocycles. The van der Waals surface area contributed by atoms with E-state index in [1.54, 1.807) is 29.4 Å². The third-order valence-corrected chi connectivity index (χ3v) is 5.52. The molecule has 3 atom stereocenters. The van der Waals surface area contributed by atoms with Gasteiger partial charge in [-0.05, 0) is 43.4 Å². The zero-order valence-corrected chi connectivity index (χ0v) is 13.1. The molecule has 23 heavy (non-hydrogen) atoms. The summed E-state index contributed by atoms with van der Waals surface area (Å²) in [6.45, 7) is 3.73. The Balaban J connectivity index is 1.38. The summed E-state index contributed by atoms with van der Waals surface area (Å²) in [5.74, 6) is 0.114. The number of hydrogen-bond donors (Lipinski definition) is 1. The van der Waals surface area contributed by atoms with Crippen LogP contribution in [0.4, 0.5) is 5.69 Å². The Morgan fingerprint density at radius 3 is 2.96 bits per heavy atom. The van der Waals surface area contributed by atoms with Crippen molar-refractivity contribution in [2.45, 2.75) is 25.3 Å². The van der Waals surface area contributed by atoms with Gasteiger partial charge in [0, 0.05) is 31.9 Å². The Labute approximate surface area is 135 Å². The van der Waals surface area contributed by atoms with Gasteiger partial charge in [0.2, 0.25) is 0 Å². The van der Waals surface area contributed by atoms with Crippen LogP contribution >= 0.6 is 0 Å². The number of carbonyl (C=O) groups is 2. The maximum absolute atomic E-state index is 12.4. The molecule has 122 valence electrons. The van der Waals surface area contributed by atoms with Crippen molar-refractivity contribution in [3.63, 3.8) is 0 Å². The molecule has 1 N–H and O–H groups in total. The third-order valence-electron chi connectivity index (χ3n) is 5.52. The number of piperidine rings is 1. The minimum Gasteiger partial charge on any atom is -0.334 e. The number of likely N-dealkylation sites (tertiary alicyclic amines) is 1. The van der Waals surface area contributed by atoms with E-state index in [-0.39, 0.29) is 0 Å². The fourth-order valence-corrected chi connectivity index (χ4v) is 4.49. The predicted octanol–water partition coefficient (Wildman–Crippen LogP) is 0.963. The van der Waals surface area contributed by atoms with Gasteiger partial charge < -0.3 is 10.2 Å². The summed E-state index contributed by atoms with van der Waals surface area (Å²) in [5, 5.41) is 2.64. The molecular weight excluding hydrogens is 292 g/mol. The maximum Gasteiger partial charge on any atom is 0.313 e. The Hall–Kier alpha value is -1.95. The number of carbonyl (C=O) groups excluding carboxylic acids is 2. The van der Waals surface area contributed by atoms with Crippen LogP contribution in [0, 0.1) is 11.8 Å². The van der Waals surface area contributed by atoms with Gasteiger partial charge in [0.15, 0.2) is 0 Å². The van der Waals surface area contributed by atoms with Crippen LogP contribution in [0.5, 0.6) is 0 Å². The largest absolute Gasteiger partial charge is 0.334 e. The van der Waals surface area contributed by atoms with Gasteiger partial charge in [0.25, 0.3) is 0 Å². The van der Waals surface area contributed by atoms with Gasteiger partial charge in [-0.2, -0.15) is 0 Å². The summed E-state index contributed by atoms with van der Waals surface area (Å²) < 4.78 is 0. The highest BCUT2D eigenvalue weighted by molar-refractivity contribution is 6.39. The van der Waals surface area contributed by atoms with E-state index in [4.69, 9.17) is 0 Å². The van der Waals surface area contributed by atoms with Crippen LogP contribution < -0.4 is 5.32 Å². The Morgan fingerprint density at radius 2 is 2.13 bits per heavy atom. The second-order valence-corrected chi connectivity index (χ2v) is 6.89. The Morgan fingerprint density at radius 1 is 1.22 bits per heavy atom. The predicted molar refractivity (Wildman–Crippen MR) is 85.6 cm³/mol. The molecule has 0 aromatic carbocycles. The Kier molecular flexibility index (Phi) is 3.77. The van der Waals surface area contributed by atoms with Crippen molar-refractivity contribution in [2.75, 3.05) is 31.5 Å². The van der Waals surface area contributed by atoms with E-state index in [2.05, 4.69) is 15.2 Å². The van der Waals surface area contributed by atoms with Gasteiger partial charge in [-0.1, -0.05) is 6.42 Å². The number of nitrogens with zero attached hydrogens (tertiary/aromatic N) is 3. The summed E-state index contributed by atoms with van der Waals surface area (Å²) in [6, 6.07) is 4.09. The van der Waals surface area contributed by atoms with Crippen LogP contribution in [-0.4, -0.2) is 58.8 Å². The van der Waals surface area contributed by atoms with Crippen LogP contribution in [0.15, 0.2) is 24.5 Å². The first-order valence-electron chi connectivity index (χ1n) is 8.47. The van der Waals surface area contributed by atoms with E-state index in [1.807, 2.05) is 0 Å². The molecule has 2 amide bonds. The van der Waals surface area contributed by atoms with E-state index in [0.717, 1.165) is 19.6 Å². The zero-order valence-electron chi connectivity index (χ0n) is 13.1. The van der Waals surface area contributed by atoms with Crippen molar-refractivity contribution in [3.8, 4) is 0 Å². The number of amides is 2. The first kappa shape index (κ1) is 14.6. The minimum absolute atomic E-state index is 0.411. The number of aromatic nitrogens is 1. The second-order valence-electron chi connectivity index (χ2n) is 6.89. The molecule has 0 unspecified atom stereocenters. The van der Waals surface area contributed by atoms with E-state index >= 15 is 0 Å². The maximum atomic E-state index is 12.4. The van der Waals surface area contributed by atoms with Crippen molar-refractivity contribution in [1.29, 1.82) is 0 Å². The molecule has 0 saturated carbocycles. The average molecular weight is 314 g/mol. The quantitative estimate of drug-likeness (QED) is 0.784. The van der Waals surface area contributed by atoms with E-state index in [1.165, 1.54) is 25.8 Å². The Bertz CT molecular complexity index is 606. The molecule has 0 radical (unpaired) electrons. The standard InChI is InChI=1S/C17H22N4O2/c22-16(19-13-4-3-6-18-8-13)17(23)21-10-12-9-20-7-2-1-5-15(20)14(12)11-21/h3-4,6,8,12,14-15H,1-2,5,7,9-11H2,(H,19,22)/t12-,14+,15+/m0/s1. The summed E-state index contributed by atoms with van der Waals surface area (Å²) in [4.78, 5) is 32.9. The van der Waals surface area contributed by atoms with Crippen LogP contribution in [0.1, 0.15) is 19.3 Å². The fourth-order valence-electron chi connectivity index (χ4n) is 4.49. The number of anilines is 1. The van der Waals surface area contributed by atoms with Crippen molar-refractivity contribution in [1.82, 2.24) is 14.8 Å². The molecule has 4 heterocycles. The highest BCUT2D eigenvalue weighted by Crippen LogP contribution is 2.40. The van der Waals surface area contributed by atoms with Gasteiger partial charge in [-0.15, -0.1) is 0 Å². The average Bonchev–Trinajstić information content (AvgIpc) is 3.12. The molecule has 1 aromatic rings. The summed E-state index contributed by atoms with van der Waals surface area (Å²) in [7, 11) is 0. The lowest BCUT2D eigenvalue weighted by atomic mass is 9.90. The van der Waals surface area contributed by atoms with Gasteiger partial charge in [-0.25, -0.2) is 0 Å². The normalized spacial score (nSPS) is 29.9. The first-order chi connectivity index (χ1) is 11.2. The van der Waals surface area contributed by atoms with E-state index in [9.17, 15) is 9.59 Å². The number of fused-ring (bicyclic) bond motifs is 3. The molecule has 0 aliphatic carbocycles. The van der Waals surface area contributed by atoms with Gasteiger partial charge in [0.05, 0.1) is 11.9 Å². The van der Waals surface area contributed by atoms with Crippen LogP contribution in [0.2, 0.25) is 0 Å². The monoisotopic (exact) mass is 314 g/mol. The molecule has 0 bridgehead atoms. The smallest absolute Gasteiger partial charge is 0.313 e. The van der Waals surface area contributed by atoms with Crippen molar-refractivity contribution >= 4 is 17.5 Å². The lowest BCUT2D eigenvalue weighted by Crippen LogP contribution is -2.43. The SMILES string of the molecule is O=C(Nc1cccnc1)C(=O)N1C[C@@H]2CN3CCCC[C@@H]3[C@@H]2C1. The van der Waals surface area contributed by atoms with Crippen LogP contribution in [0.25, 0.3) is 0 Å². The molecule has 4 rings (SSSR count). The van der Waals surface area contributed by atoms with Gasteiger partial charge in [0.1, 0.15) is 0 Å². The minimum atomic E-state index is -0.557. The molecular formula is C17H22N4O2.